The molecule has 98 valence electrons. The van der Waals surface area contributed by atoms with Crippen LogP contribution in [-0.4, -0.2) is 29.8 Å². The van der Waals surface area contributed by atoms with Gasteiger partial charge in [-0.1, -0.05) is 0 Å². The fourth-order valence-corrected chi connectivity index (χ4v) is 1.26. The molecule has 0 saturated heterocycles. The molecule has 6 heteroatoms. The Morgan fingerprint density at radius 1 is 1.39 bits per heavy atom. The Hall–Kier alpha value is -2.24. The maximum absolute atomic E-state index is 11.2. The van der Waals surface area contributed by atoms with Crippen LogP contribution in [0.4, 0.5) is 5.69 Å². The quantitative estimate of drug-likeness (QED) is 0.606. The maximum atomic E-state index is 11.2. The highest BCUT2D eigenvalue weighted by Gasteiger charge is 2.10. The van der Waals surface area contributed by atoms with Crippen molar-refractivity contribution in [2.75, 3.05) is 12.3 Å². The number of carbonyl (C=O) groups is 2. The van der Waals surface area contributed by atoms with E-state index in [4.69, 9.17) is 20.3 Å². The molecule has 3 N–H and O–H groups in total. The summed E-state index contributed by atoms with van der Waals surface area (Å²) in [5.74, 6) is -1.29. The van der Waals surface area contributed by atoms with Gasteiger partial charge < -0.3 is 20.3 Å². The minimum Gasteiger partial charge on any atom is -0.482 e. The number of carboxylic acids is 1. The lowest BCUT2D eigenvalue weighted by molar-refractivity contribution is -0.149. The first-order valence-corrected chi connectivity index (χ1v) is 5.35. The van der Waals surface area contributed by atoms with E-state index in [2.05, 4.69) is 0 Å². The molecule has 0 aromatic heterocycles. The number of benzene rings is 1. The summed E-state index contributed by atoms with van der Waals surface area (Å²) in [5.41, 5.74) is 5.61. The van der Waals surface area contributed by atoms with Crippen LogP contribution in [0.3, 0.4) is 0 Å². The van der Waals surface area contributed by atoms with E-state index < -0.39 is 11.9 Å². The Morgan fingerprint density at radius 3 is 2.56 bits per heavy atom. The molecule has 0 aliphatic rings. The smallest absolute Gasteiger partial charge is 0.344 e. The minimum absolute atomic E-state index is 0.00731. The molecule has 0 bridgehead atoms. The number of esters is 1. The second-order valence-electron chi connectivity index (χ2n) is 3.88. The molecule has 1 aromatic carbocycles. The van der Waals surface area contributed by atoms with E-state index in [1.165, 1.54) is 18.2 Å². The largest absolute Gasteiger partial charge is 0.482 e. The Balaban J connectivity index is 2.61. The third-order valence-electron chi connectivity index (χ3n) is 1.98. The van der Waals surface area contributed by atoms with Crippen molar-refractivity contribution in [3.8, 4) is 5.75 Å². The molecule has 0 radical (unpaired) electrons. The molecule has 0 atom stereocenters. The van der Waals surface area contributed by atoms with Gasteiger partial charge in [0, 0.05) is 11.8 Å². The second-order valence-corrected chi connectivity index (χ2v) is 3.88. The molecule has 1 rings (SSSR count). The molecule has 0 spiro atoms. The van der Waals surface area contributed by atoms with E-state index in [9.17, 15) is 9.59 Å². The highest BCUT2D eigenvalue weighted by molar-refractivity contribution is 5.93. The van der Waals surface area contributed by atoms with E-state index in [1.807, 2.05) is 0 Å². The van der Waals surface area contributed by atoms with Gasteiger partial charge in [-0.15, -0.1) is 0 Å². The number of rotatable bonds is 5. The summed E-state index contributed by atoms with van der Waals surface area (Å²) < 4.78 is 10.0. The first-order chi connectivity index (χ1) is 8.40. The fraction of sp³-hybridized carbons (Fsp3) is 0.333. The van der Waals surface area contributed by atoms with Crippen molar-refractivity contribution in [3.05, 3.63) is 23.8 Å². The lowest BCUT2D eigenvalue weighted by atomic mass is 10.2. The van der Waals surface area contributed by atoms with E-state index in [0.29, 0.717) is 5.75 Å². The summed E-state index contributed by atoms with van der Waals surface area (Å²) in [6.07, 6.45) is -0.208. The topological polar surface area (TPSA) is 98.8 Å². The van der Waals surface area contributed by atoms with Crippen LogP contribution in [-0.2, 0) is 9.53 Å². The van der Waals surface area contributed by atoms with Crippen molar-refractivity contribution in [1.29, 1.82) is 0 Å². The van der Waals surface area contributed by atoms with Crippen LogP contribution in [0.1, 0.15) is 24.2 Å². The second kappa shape index (κ2) is 5.90. The molecule has 6 nitrogen and oxygen atoms in total. The van der Waals surface area contributed by atoms with Gasteiger partial charge in [-0.05, 0) is 26.0 Å². The molecule has 0 saturated carbocycles. The molecule has 0 aliphatic carbocycles. The van der Waals surface area contributed by atoms with E-state index in [-0.39, 0.29) is 24.0 Å². The van der Waals surface area contributed by atoms with Crippen LogP contribution < -0.4 is 10.5 Å². The van der Waals surface area contributed by atoms with Gasteiger partial charge in [-0.2, -0.15) is 0 Å². The van der Waals surface area contributed by atoms with Crippen molar-refractivity contribution in [3.63, 3.8) is 0 Å². The SMILES string of the molecule is CC(C)OC(=O)COc1ccc(C(=O)O)c(N)c1. The summed E-state index contributed by atoms with van der Waals surface area (Å²) in [6, 6.07) is 4.11. The molecular formula is C12H15NO5. The molecule has 0 aliphatic heterocycles. The summed E-state index contributed by atoms with van der Waals surface area (Å²) in [6.45, 7) is 3.22. The number of nitrogens with two attached hydrogens (primary N) is 1. The highest BCUT2D eigenvalue weighted by Crippen LogP contribution is 2.19. The van der Waals surface area contributed by atoms with Crippen molar-refractivity contribution >= 4 is 17.6 Å². The zero-order valence-corrected chi connectivity index (χ0v) is 10.2. The molecule has 1 aromatic rings. The molecule has 0 heterocycles. The van der Waals surface area contributed by atoms with Crippen LogP contribution in [0.15, 0.2) is 18.2 Å². The Kier molecular flexibility index (Phi) is 4.53. The molecule has 18 heavy (non-hydrogen) atoms. The highest BCUT2D eigenvalue weighted by atomic mass is 16.6. The third-order valence-corrected chi connectivity index (χ3v) is 1.98. The van der Waals surface area contributed by atoms with Gasteiger partial charge in [0.1, 0.15) is 5.75 Å². The summed E-state index contributed by atoms with van der Waals surface area (Å²) >= 11 is 0. The predicted molar refractivity (Wildman–Crippen MR) is 64.5 cm³/mol. The maximum Gasteiger partial charge on any atom is 0.344 e. The Morgan fingerprint density at radius 2 is 2.06 bits per heavy atom. The van der Waals surface area contributed by atoms with Gasteiger partial charge in [0.25, 0.3) is 0 Å². The number of carboxylic acid groups (broad SMARTS) is 1. The van der Waals surface area contributed by atoms with Crippen LogP contribution in [0, 0.1) is 0 Å². The van der Waals surface area contributed by atoms with Gasteiger partial charge in [-0.3, -0.25) is 0 Å². The average Bonchev–Trinajstić information content (AvgIpc) is 2.25. The Bertz CT molecular complexity index is 456. The van der Waals surface area contributed by atoms with Crippen LogP contribution in [0.2, 0.25) is 0 Å². The lowest BCUT2D eigenvalue weighted by Gasteiger charge is -2.10. The molecule has 0 fully saturated rings. The summed E-state index contributed by atoms with van der Waals surface area (Å²) in [5, 5.41) is 8.78. The predicted octanol–water partition coefficient (Wildman–Crippen LogP) is 1.30. The number of ether oxygens (including phenoxy) is 2. The summed E-state index contributed by atoms with van der Waals surface area (Å²) in [4.78, 5) is 21.9. The number of anilines is 1. The summed E-state index contributed by atoms with van der Waals surface area (Å²) in [7, 11) is 0. The number of carbonyl (C=O) groups excluding carboxylic acids is 1. The number of hydrogen-bond acceptors (Lipinski definition) is 5. The van der Waals surface area contributed by atoms with Crippen LogP contribution in [0.5, 0.6) is 5.75 Å². The van der Waals surface area contributed by atoms with Crippen LogP contribution >= 0.6 is 0 Å². The fourth-order valence-electron chi connectivity index (χ4n) is 1.26. The average molecular weight is 253 g/mol. The molecule has 0 amide bonds. The third kappa shape index (κ3) is 3.97. The normalized spacial score (nSPS) is 10.2. The first-order valence-electron chi connectivity index (χ1n) is 5.35. The minimum atomic E-state index is -1.11. The monoisotopic (exact) mass is 253 g/mol. The van der Waals surface area contributed by atoms with Crippen molar-refractivity contribution in [2.45, 2.75) is 20.0 Å². The standard InChI is InChI=1S/C12H15NO5/c1-7(2)18-11(14)6-17-8-3-4-9(12(15)16)10(13)5-8/h3-5,7H,6,13H2,1-2H3,(H,15,16). The van der Waals surface area contributed by atoms with Crippen molar-refractivity contribution < 1.29 is 24.2 Å². The number of aromatic carboxylic acids is 1. The first kappa shape index (κ1) is 13.8. The zero-order chi connectivity index (χ0) is 13.7. The molecular weight excluding hydrogens is 238 g/mol. The van der Waals surface area contributed by atoms with E-state index in [0.717, 1.165) is 0 Å². The Labute approximate surface area is 104 Å². The van der Waals surface area contributed by atoms with E-state index >= 15 is 0 Å². The van der Waals surface area contributed by atoms with Gasteiger partial charge in [0.05, 0.1) is 11.7 Å². The van der Waals surface area contributed by atoms with Crippen LogP contribution in [0.25, 0.3) is 0 Å². The van der Waals surface area contributed by atoms with Crippen molar-refractivity contribution in [2.24, 2.45) is 0 Å². The van der Waals surface area contributed by atoms with Crippen molar-refractivity contribution in [1.82, 2.24) is 0 Å². The van der Waals surface area contributed by atoms with Gasteiger partial charge >= 0.3 is 11.9 Å². The van der Waals surface area contributed by atoms with Gasteiger partial charge in [0.15, 0.2) is 6.61 Å². The lowest BCUT2D eigenvalue weighted by Crippen LogP contribution is -2.18. The number of nitrogen functional groups attached to an aromatic ring is 1. The van der Waals surface area contributed by atoms with Gasteiger partial charge in [0.2, 0.25) is 0 Å². The number of hydrogen-bond donors (Lipinski definition) is 2. The van der Waals surface area contributed by atoms with E-state index in [1.54, 1.807) is 13.8 Å². The zero-order valence-electron chi connectivity index (χ0n) is 10.2. The van der Waals surface area contributed by atoms with Gasteiger partial charge in [-0.25, -0.2) is 9.59 Å². The molecule has 0 unspecified atom stereocenters.